The highest BCUT2D eigenvalue weighted by Crippen LogP contribution is 2.25. The Labute approximate surface area is 139 Å². The standard InChI is InChI=1S/C16H23N3O3S/c1-9(2)12(7-20)18-13(21)5-6-19-8-17-15-14(16(19)22)10(3)11(4)23-15/h8-9,12,20H,5-7H2,1-4H3,(H,18,21)/t12-/m1/s1. The number of amides is 1. The van der Waals surface area contributed by atoms with Gasteiger partial charge >= 0.3 is 0 Å². The van der Waals surface area contributed by atoms with Crippen LogP contribution in [-0.4, -0.2) is 33.2 Å². The van der Waals surface area contributed by atoms with Crippen LogP contribution in [0.15, 0.2) is 11.1 Å². The van der Waals surface area contributed by atoms with Gasteiger partial charge in [-0.25, -0.2) is 4.98 Å². The Morgan fingerprint density at radius 2 is 2.13 bits per heavy atom. The molecule has 23 heavy (non-hydrogen) atoms. The van der Waals surface area contributed by atoms with Crippen LogP contribution < -0.4 is 10.9 Å². The summed E-state index contributed by atoms with van der Waals surface area (Å²) in [7, 11) is 0. The Balaban J connectivity index is 2.11. The summed E-state index contributed by atoms with van der Waals surface area (Å²) in [6.45, 7) is 7.95. The molecule has 2 aromatic rings. The summed E-state index contributed by atoms with van der Waals surface area (Å²) < 4.78 is 1.48. The molecule has 0 spiro atoms. The number of nitrogens with one attached hydrogen (secondary N) is 1. The fraction of sp³-hybridized carbons (Fsp3) is 0.562. The highest BCUT2D eigenvalue weighted by atomic mass is 32.1. The third-order valence-corrected chi connectivity index (χ3v) is 5.20. The minimum absolute atomic E-state index is 0.0930. The second-order valence-corrected chi connectivity index (χ2v) is 7.26. The first-order chi connectivity index (χ1) is 10.8. The van der Waals surface area contributed by atoms with Crippen molar-refractivity contribution in [2.24, 2.45) is 5.92 Å². The number of fused-ring (bicyclic) bond motifs is 1. The quantitative estimate of drug-likeness (QED) is 0.838. The average Bonchev–Trinajstić information content (AvgIpc) is 2.79. The van der Waals surface area contributed by atoms with Gasteiger partial charge in [-0.15, -0.1) is 11.3 Å². The Bertz CT molecular complexity index is 764. The maximum absolute atomic E-state index is 12.5. The third kappa shape index (κ3) is 3.79. The zero-order valence-corrected chi connectivity index (χ0v) is 14.7. The predicted molar refractivity (Wildman–Crippen MR) is 91.8 cm³/mol. The molecule has 0 unspecified atom stereocenters. The van der Waals surface area contributed by atoms with E-state index in [1.165, 1.54) is 22.2 Å². The largest absolute Gasteiger partial charge is 0.394 e. The van der Waals surface area contributed by atoms with Crippen molar-refractivity contribution < 1.29 is 9.90 Å². The lowest BCUT2D eigenvalue weighted by atomic mass is 10.1. The Kier molecular flexibility index (Phi) is 5.54. The zero-order chi connectivity index (χ0) is 17.1. The van der Waals surface area contributed by atoms with Crippen LogP contribution in [0.4, 0.5) is 0 Å². The molecule has 0 radical (unpaired) electrons. The highest BCUT2D eigenvalue weighted by molar-refractivity contribution is 7.18. The van der Waals surface area contributed by atoms with Gasteiger partial charge in [0.1, 0.15) is 4.83 Å². The number of thiophene rings is 1. The van der Waals surface area contributed by atoms with Crippen molar-refractivity contribution in [1.29, 1.82) is 0 Å². The number of aromatic nitrogens is 2. The smallest absolute Gasteiger partial charge is 0.262 e. The van der Waals surface area contributed by atoms with Crippen LogP contribution in [0.5, 0.6) is 0 Å². The average molecular weight is 337 g/mol. The summed E-state index contributed by atoms with van der Waals surface area (Å²) in [4.78, 5) is 30.6. The second-order valence-electron chi connectivity index (χ2n) is 6.06. The maximum Gasteiger partial charge on any atom is 0.262 e. The van der Waals surface area contributed by atoms with E-state index in [2.05, 4.69) is 10.3 Å². The molecule has 2 aromatic heterocycles. The molecule has 0 bridgehead atoms. The van der Waals surface area contributed by atoms with E-state index in [1.807, 2.05) is 27.7 Å². The molecule has 0 aliphatic rings. The molecule has 2 N–H and O–H groups in total. The van der Waals surface area contributed by atoms with Crippen LogP contribution in [0.2, 0.25) is 0 Å². The zero-order valence-electron chi connectivity index (χ0n) is 13.9. The summed E-state index contributed by atoms with van der Waals surface area (Å²) in [6.07, 6.45) is 1.68. The summed E-state index contributed by atoms with van der Waals surface area (Å²) >= 11 is 1.51. The summed E-state index contributed by atoms with van der Waals surface area (Å²) in [5.74, 6) is -0.0240. The third-order valence-electron chi connectivity index (χ3n) is 4.08. The van der Waals surface area contributed by atoms with Crippen LogP contribution in [0, 0.1) is 19.8 Å². The molecule has 6 nitrogen and oxygen atoms in total. The van der Waals surface area contributed by atoms with Gasteiger partial charge in [0.15, 0.2) is 0 Å². The Morgan fingerprint density at radius 1 is 1.43 bits per heavy atom. The molecule has 0 saturated heterocycles. The van der Waals surface area contributed by atoms with Gasteiger partial charge in [0, 0.05) is 17.8 Å². The van der Waals surface area contributed by atoms with Gasteiger partial charge in [-0.2, -0.15) is 0 Å². The summed E-state index contributed by atoms with van der Waals surface area (Å²) in [5.41, 5.74) is 0.855. The molecule has 0 aromatic carbocycles. The molecule has 2 rings (SSSR count). The van der Waals surface area contributed by atoms with Crippen LogP contribution >= 0.6 is 11.3 Å². The molecule has 7 heteroatoms. The lowest BCUT2D eigenvalue weighted by Gasteiger charge is -2.19. The normalized spacial score (nSPS) is 12.8. The van der Waals surface area contributed by atoms with Crippen LogP contribution in [0.3, 0.4) is 0 Å². The number of hydrogen-bond donors (Lipinski definition) is 2. The van der Waals surface area contributed by atoms with Crippen LogP contribution in [0.25, 0.3) is 10.2 Å². The van der Waals surface area contributed by atoms with E-state index in [1.54, 1.807) is 0 Å². The molecule has 126 valence electrons. The Morgan fingerprint density at radius 3 is 2.74 bits per heavy atom. The lowest BCUT2D eigenvalue weighted by molar-refractivity contribution is -0.122. The molecule has 0 aliphatic heterocycles. The number of aliphatic hydroxyl groups is 1. The van der Waals surface area contributed by atoms with Gasteiger partial charge in [-0.05, 0) is 25.3 Å². The number of carbonyl (C=O) groups excluding carboxylic acids is 1. The van der Waals surface area contributed by atoms with E-state index < -0.39 is 0 Å². The van der Waals surface area contributed by atoms with Crippen molar-refractivity contribution in [3.8, 4) is 0 Å². The maximum atomic E-state index is 12.5. The molecule has 0 fully saturated rings. The molecular formula is C16H23N3O3S. The fourth-order valence-electron chi connectivity index (χ4n) is 2.35. The van der Waals surface area contributed by atoms with E-state index in [4.69, 9.17) is 0 Å². The number of aryl methyl sites for hydroxylation is 3. The topological polar surface area (TPSA) is 84.2 Å². The van der Waals surface area contributed by atoms with Crippen LogP contribution in [0.1, 0.15) is 30.7 Å². The lowest BCUT2D eigenvalue weighted by Crippen LogP contribution is -2.41. The van der Waals surface area contributed by atoms with E-state index in [9.17, 15) is 14.7 Å². The minimum Gasteiger partial charge on any atom is -0.394 e. The predicted octanol–water partition coefficient (Wildman–Crippen LogP) is 1.60. The second kappa shape index (κ2) is 7.23. The van der Waals surface area contributed by atoms with Gasteiger partial charge in [0.05, 0.1) is 24.4 Å². The molecule has 1 amide bonds. The van der Waals surface area contributed by atoms with Gasteiger partial charge in [0.25, 0.3) is 5.56 Å². The molecular weight excluding hydrogens is 314 g/mol. The van der Waals surface area contributed by atoms with Crippen molar-refractivity contribution in [3.63, 3.8) is 0 Å². The first-order valence-electron chi connectivity index (χ1n) is 7.70. The van der Waals surface area contributed by atoms with Crippen LogP contribution in [-0.2, 0) is 11.3 Å². The van der Waals surface area contributed by atoms with Gasteiger partial charge in [-0.3, -0.25) is 14.2 Å². The number of carbonyl (C=O) groups is 1. The molecule has 2 heterocycles. The van der Waals surface area contributed by atoms with E-state index in [-0.39, 0.29) is 43.0 Å². The van der Waals surface area contributed by atoms with Crippen molar-refractivity contribution in [2.45, 2.75) is 46.7 Å². The number of aliphatic hydroxyl groups excluding tert-OH is 1. The number of hydrogen-bond acceptors (Lipinski definition) is 5. The summed E-state index contributed by atoms with van der Waals surface area (Å²) in [5, 5.41) is 12.7. The van der Waals surface area contributed by atoms with E-state index >= 15 is 0 Å². The molecule has 0 aliphatic carbocycles. The van der Waals surface area contributed by atoms with E-state index in [0.717, 1.165) is 15.3 Å². The van der Waals surface area contributed by atoms with Crippen molar-refractivity contribution in [2.75, 3.05) is 6.61 Å². The van der Waals surface area contributed by atoms with Gasteiger partial charge in [0.2, 0.25) is 5.91 Å². The number of nitrogens with zero attached hydrogens (tertiary/aromatic N) is 2. The molecule has 0 saturated carbocycles. The monoisotopic (exact) mass is 337 g/mol. The van der Waals surface area contributed by atoms with Crippen molar-refractivity contribution >= 4 is 27.5 Å². The summed E-state index contributed by atoms with van der Waals surface area (Å²) in [6, 6.07) is -0.262. The minimum atomic E-state index is -0.262. The van der Waals surface area contributed by atoms with Gasteiger partial charge in [-0.1, -0.05) is 13.8 Å². The number of rotatable bonds is 6. The van der Waals surface area contributed by atoms with E-state index in [0.29, 0.717) is 5.39 Å². The first-order valence-corrected chi connectivity index (χ1v) is 8.52. The Hall–Kier alpha value is -1.73. The SMILES string of the molecule is Cc1sc2ncn(CCC(=O)N[C@H](CO)C(C)C)c(=O)c2c1C. The van der Waals surface area contributed by atoms with Gasteiger partial charge < -0.3 is 10.4 Å². The fourth-order valence-corrected chi connectivity index (χ4v) is 3.34. The first kappa shape index (κ1) is 17.6. The van der Waals surface area contributed by atoms with Crippen molar-refractivity contribution in [3.05, 3.63) is 27.1 Å². The highest BCUT2D eigenvalue weighted by Gasteiger charge is 2.16. The molecule has 1 atom stereocenters. The van der Waals surface area contributed by atoms with Crippen molar-refractivity contribution in [1.82, 2.24) is 14.9 Å².